The summed E-state index contributed by atoms with van der Waals surface area (Å²) in [6.45, 7) is 4.08. The average Bonchev–Trinajstić information content (AvgIpc) is 3.06. The highest BCUT2D eigenvalue weighted by Crippen LogP contribution is 2.14. The number of nitrogens with one attached hydrogen (secondary N) is 2. The quantitative estimate of drug-likeness (QED) is 0.893. The SMILES string of the molecule is CC(NC(=O)c1cnn(-c2ccccc2)n1)C1CCCNC1.Cl. The van der Waals surface area contributed by atoms with Gasteiger partial charge in [-0.15, -0.1) is 17.5 Å². The van der Waals surface area contributed by atoms with Gasteiger partial charge in [0.15, 0.2) is 5.69 Å². The van der Waals surface area contributed by atoms with Crippen LogP contribution in [-0.2, 0) is 0 Å². The van der Waals surface area contributed by atoms with Crippen LogP contribution in [0.5, 0.6) is 0 Å². The van der Waals surface area contributed by atoms with Gasteiger partial charge in [-0.3, -0.25) is 4.79 Å². The van der Waals surface area contributed by atoms with E-state index in [0.29, 0.717) is 11.6 Å². The normalized spacial score (nSPS) is 18.7. The van der Waals surface area contributed by atoms with Crippen molar-refractivity contribution in [1.82, 2.24) is 25.6 Å². The molecule has 2 unspecified atom stereocenters. The fourth-order valence-electron chi connectivity index (χ4n) is 2.76. The molecule has 2 N–H and O–H groups in total. The second kappa shape index (κ2) is 8.08. The lowest BCUT2D eigenvalue weighted by Crippen LogP contribution is -2.44. The summed E-state index contributed by atoms with van der Waals surface area (Å²) in [4.78, 5) is 13.8. The van der Waals surface area contributed by atoms with Gasteiger partial charge in [0.05, 0.1) is 11.9 Å². The number of aromatic nitrogens is 3. The second-order valence-corrected chi connectivity index (χ2v) is 5.72. The topological polar surface area (TPSA) is 71.8 Å². The average molecular weight is 336 g/mol. The minimum absolute atomic E-state index is 0. The third-order valence-electron chi connectivity index (χ3n) is 4.11. The molecule has 2 heterocycles. The number of amides is 1. The van der Waals surface area contributed by atoms with Crippen LogP contribution in [0.25, 0.3) is 5.69 Å². The largest absolute Gasteiger partial charge is 0.348 e. The maximum atomic E-state index is 12.3. The van der Waals surface area contributed by atoms with Crippen LogP contribution in [0.4, 0.5) is 0 Å². The number of carbonyl (C=O) groups excluding carboxylic acids is 1. The zero-order chi connectivity index (χ0) is 15.4. The van der Waals surface area contributed by atoms with Gasteiger partial charge in [0.25, 0.3) is 5.91 Å². The lowest BCUT2D eigenvalue weighted by Gasteiger charge is -2.28. The van der Waals surface area contributed by atoms with Crippen molar-refractivity contribution in [3.8, 4) is 5.69 Å². The Labute approximate surface area is 142 Å². The summed E-state index contributed by atoms with van der Waals surface area (Å²) in [6, 6.07) is 9.69. The summed E-state index contributed by atoms with van der Waals surface area (Å²) in [7, 11) is 0. The number of hydrogen-bond acceptors (Lipinski definition) is 4. The molecule has 1 aromatic carbocycles. The molecule has 1 saturated heterocycles. The molecule has 23 heavy (non-hydrogen) atoms. The molecule has 7 heteroatoms. The van der Waals surface area contributed by atoms with Crippen LogP contribution in [0.2, 0.25) is 0 Å². The van der Waals surface area contributed by atoms with E-state index in [9.17, 15) is 4.79 Å². The molecule has 1 amide bonds. The number of carbonyl (C=O) groups is 1. The van der Waals surface area contributed by atoms with Gasteiger partial charge < -0.3 is 10.6 Å². The molecule has 124 valence electrons. The van der Waals surface area contributed by atoms with Gasteiger partial charge in [-0.05, 0) is 50.9 Å². The first-order valence-corrected chi connectivity index (χ1v) is 7.73. The zero-order valence-electron chi connectivity index (χ0n) is 13.1. The Balaban J connectivity index is 0.00000192. The number of nitrogens with zero attached hydrogens (tertiary/aromatic N) is 3. The smallest absolute Gasteiger partial charge is 0.273 e. The fourth-order valence-corrected chi connectivity index (χ4v) is 2.76. The van der Waals surface area contributed by atoms with Crippen molar-refractivity contribution in [1.29, 1.82) is 0 Å². The van der Waals surface area contributed by atoms with Gasteiger partial charge in [0.1, 0.15) is 0 Å². The third-order valence-corrected chi connectivity index (χ3v) is 4.11. The summed E-state index contributed by atoms with van der Waals surface area (Å²) in [6.07, 6.45) is 3.81. The molecular formula is C16H22ClN5O. The first-order chi connectivity index (χ1) is 10.7. The fraction of sp³-hybridized carbons (Fsp3) is 0.438. The highest BCUT2D eigenvalue weighted by molar-refractivity contribution is 5.92. The summed E-state index contributed by atoms with van der Waals surface area (Å²) < 4.78 is 0. The molecule has 6 nitrogen and oxygen atoms in total. The molecule has 0 radical (unpaired) electrons. The zero-order valence-corrected chi connectivity index (χ0v) is 13.9. The Morgan fingerprint density at radius 3 is 2.87 bits per heavy atom. The molecule has 1 aromatic heterocycles. The van der Waals surface area contributed by atoms with E-state index >= 15 is 0 Å². The summed E-state index contributed by atoms with van der Waals surface area (Å²) >= 11 is 0. The Bertz CT molecular complexity index is 624. The molecule has 0 spiro atoms. The Kier molecular flexibility index (Phi) is 6.12. The number of para-hydroxylation sites is 1. The highest BCUT2D eigenvalue weighted by atomic mass is 35.5. The lowest BCUT2D eigenvalue weighted by molar-refractivity contribution is 0.0916. The van der Waals surface area contributed by atoms with Gasteiger partial charge >= 0.3 is 0 Å². The summed E-state index contributed by atoms with van der Waals surface area (Å²) in [5.41, 5.74) is 1.19. The predicted molar refractivity (Wildman–Crippen MR) is 91.1 cm³/mol. The monoisotopic (exact) mass is 335 g/mol. The number of hydrogen-bond donors (Lipinski definition) is 2. The van der Waals surface area contributed by atoms with Crippen LogP contribution >= 0.6 is 12.4 Å². The second-order valence-electron chi connectivity index (χ2n) is 5.72. The van der Waals surface area contributed by atoms with Crippen LogP contribution in [0, 0.1) is 5.92 Å². The lowest BCUT2D eigenvalue weighted by atomic mass is 9.93. The number of halogens is 1. The Hall–Kier alpha value is -1.92. The predicted octanol–water partition coefficient (Wildman–Crippen LogP) is 1.81. The first kappa shape index (κ1) is 17.4. The van der Waals surface area contributed by atoms with E-state index in [0.717, 1.165) is 31.6 Å². The number of piperidine rings is 1. The summed E-state index contributed by atoms with van der Waals surface area (Å²) in [5, 5.41) is 14.8. The molecular weight excluding hydrogens is 314 g/mol. The maximum Gasteiger partial charge on any atom is 0.273 e. The Morgan fingerprint density at radius 1 is 1.39 bits per heavy atom. The van der Waals surface area contributed by atoms with Crippen LogP contribution in [0.15, 0.2) is 36.5 Å². The minimum atomic E-state index is -0.166. The molecule has 0 aliphatic carbocycles. The third kappa shape index (κ3) is 4.30. The van der Waals surface area contributed by atoms with Crippen molar-refractivity contribution in [2.24, 2.45) is 5.92 Å². The van der Waals surface area contributed by atoms with Crippen LogP contribution in [-0.4, -0.2) is 40.0 Å². The molecule has 1 aliphatic heterocycles. The molecule has 3 rings (SSSR count). The van der Waals surface area contributed by atoms with Crippen molar-refractivity contribution in [2.75, 3.05) is 13.1 Å². The Morgan fingerprint density at radius 2 is 2.17 bits per heavy atom. The molecule has 0 saturated carbocycles. The van der Waals surface area contributed by atoms with Gasteiger partial charge in [0, 0.05) is 6.04 Å². The van der Waals surface area contributed by atoms with Crippen molar-refractivity contribution >= 4 is 18.3 Å². The van der Waals surface area contributed by atoms with E-state index in [1.54, 1.807) is 0 Å². The van der Waals surface area contributed by atoms with Crippen LogP contribution in [0.1, 0.15) is 30.3 Å². The van der Waals surface area contributed by atoms with Crippen molar-refractivity contribution < 1.29 is 4.79 Å². The van der Waals surface area contributed by atoms with Gasteiger partial charge in [-0.1, -0.05) is 18.2 Å². The van der Waals surface area contributed by atoms with Crippen LogP contribution in [0.3, 0.4) is 0 Å². The van der Waals surface area contributed by atoms with Gasteiger partial charge in [-0.25, -0.2) is 0 Å². The van der Waals surface area contributed by atoms with Crippen molar-refractivity contribution in [3.05, 3.63) is 42.2 Å². The van der Waals surface area contributed by atoms with Crippen molar-refractivity contribution in [2.45, 2.75) is 25.8 Å². The molecule has 0 bridgehead atoms. The standard InChI is InChI=1S/C16H21N5O.ClH/c1-12(13-6-5-9-17-10-13)19-16(22)15-11-18-21(20-15)14-7-3-2-4-8-14;/h2-4,7-8,11-13,17H,5-6,9-10H2,1H3,(H,19,22);1H. The first-order valence-electron chi connectivity index (χ1n) is 7.73. The molecule has 1 fully saturated rings. The molecule has 1 aliphatic rings. The van der Waals surface area contributed by atoms with E-state index in [2.05, 4.69) is 27.8 Å². The van der Waals surface area contributed by atoms with Gasteiger partial charge in [0.2, 0.25) is 0 Å². The van der Waals surface area contributed by atoms with E-state index in [1.807, 2.05) is 30.3 Å². The number of rotatable bonds is 4. The van der Waals surface area contributed by atoms with E-state index in [4.69, 9.17) is 0 Å². The minimum Gasteiger partial charge on any atom is -0.348 e. The van der Waals surface area contributed by atoms with Crippen molar-refractivity contribution in [3.63, 3.8) is 0 Å². The van der Waals surface area contributed by atoms with Gasteiger partial charge in [-0.2, -0.15) is 9.90 Å². The van der Waals surface area contributed by atoms with E-state index < -0.39 is 0 Å². The van der Waals surface area contributed by atoms with E-state index in [1.165, 1.54) is 11.0 Å². The molecule has 2 aromatic rings. The number of benzene rings is 1. The molecule has 2 atom stereocenters. The van der Waals surface area contributed by atoms with Crippen LogP contribution < -0.4 is 10.6 Å². The summed E-state index contributed by atoms with van der Waals surface area (Å²) in [5.74, 6) is 0.308. The maximum absolute atomic E-state index is 12.3. The van der Waals surface area contributed by atoms with E-state index in [-0.39, 0.29) is 24.4 Å². The highest BCUT2D eigenvalue weighted by Gasteiger charge is 2.22.